The van der Waals surface area contributed by atoms with Crippen molar-refractivity contribution in [2.24, 2.45) is 0 Å². The Morgan fingerprint density at radius 1 is 1.06 bits per heavy atom. The molecule has 0 saturated carbocycles. The van der Waals surface area contributed by atoms with E-state index in [1.54, 1.807) is 0 Å². The van der Waals surface area contributed by atoms with E-state index in [4.69, 9.17) is 0 Å². The Morgan fingerprint density at radius 2 is 1.71 bits per heavy atom. The van der Waals surface area contributed by atoms with E-state index in [9.17, 15) is 0 Å². The zero-order valence-electron chi connectivity index (χ0n) is 12.5. The molecule has 1 N–H and O–H groups in total. The maximum atomic E-state index is 3.55. The molecule has 0 amide bonds. The molecule has 1 aromatic rings. The number of aryl methyl sites for hydroxylation is 2. The van der Waals surface area contributed by atoms with Crippen LogP contribution < -0.4 is 5.32 Å². The number of hydrogen-bond acceptors (Lipinski definition) is 1. The van der Waals surface area contributed by atoms with Crippen molar-refractivity contribution in [1.29, 1.82) is 0 Å². The van der Waals surface area contributed by atoms with Gasteiger partial charge in [0.2, 0.25) is 0 Å². The fraction of sp³-hybridized carbons (Fsp3) is 0.625. The molecule has 0 radical (unpaired) electrons. The molecule has 1 nitrogen and oxygen atoms in total. The molecule has 17 heavy (non-hydrogen) atoms. The van der Waals surface area contributed by atoms with Crippen LogP contribution in [-0.2, 0) is 6.42 Å². The number of hydrogen-bond donors (Lipinski definition) is 1. The second kappa shape index (κ2) is 9.09. The van der Waals surface area contributed by atoms with Crippen LogP contribution in [0.25, 0.3) is 0 Å². The van der Waals surface area contributed by atoms with Gasteiger partial charge in [0, 0.05) is 12.2 Å². The summed E-state index contributed by atoms with van der Waals surface area (Å²) < 4.78 is 0. The first-order chi connectivity index (χ1) is 8.19. The summed E-state index contributed by atoms with van der Waals surface area (Å²) in [6, 6.07) is 4.53. The highest BCUT2D eigenvalue weighted by Crippen LogP contribution is 2.22. The quantitative estimate of drug-likeness (QED) is 0.700. The Morgan fingerprint density at radius 3 is 2.24 bits per heavy atom. The number of anilines is 1. The highest BCUT2D eigenvalue weighted by Gasteiger charge is 2.04. The summed E-state index contributed by atoms with van der Waals surface area (Å²) in [5.41, 5.74) is 5.57. The van der Waals surface area contributed by atoms with Gasteiger partial charge in [-0.2, -0.15) is 0 Å². The van der Waals surface area contributed by atoms with Gasteiger partial charge in [0.05, 0.1) is 0 Å². The van der Waals surface area contributed by atoms with Gasteiger partial charge in [-0.05, 0) is 49.4 Å². The van der Waals surface area contributed by atoms with Crippen LogP contribution in [0.15, 0.2) is 12.1 Å². The van der Waals surface area contributed by atoms with Gasteiger partial charge in [-0.1, -0.05) is 40.2 Å². The minimum Gasteiger partial charge on any atom is -0.385 e. The minimum absolute atomic E-state index is 1.09. The van der Waals surface area contributed by atoms with Crippen molar-refractivity contribution in [3.63, 3.8) is 0 Å². The second-order valence-electron chi connectivity index (χ2n) is 4.24. The highest BCUT2D eigenvalue weighted by molar-refractivity contribution is 5.56. The van der Waals surface area contributed by atoms with Gasteiger partial charge in [-0.15, -0.1) is 0 Å². The first kappa shape index (κ1) is 16.0. The number of nitrogens with one attached hydrogen (secondary N) is 1. The lowest BCUT2D eigenvalue weighted by atomic mass is 10.0. The minimum atomic E-state index is 1.09. The molecule has 0 bridgehead atoms. The third-order valence-corrected chi connectivity index (χ3v) is 2.82. The van der Waals surface area contributed by atoms with Crippen molar-refractivity contribution < 1.29 is 0 Å². The van der Waals surface area contributed by atoms with E-state index >= 15 is 0 Å². The normalized spacial score (nSPS) is 9.53. The Bertz CT molecular complexity index is 316. The van der Waals surface area contributed by atoms with Crippen LogP contribution in [0.1, 0.15) is 57.2 Å². The molecule has 1 rings (SSSR count). The molecule has 0 aliphatic carbocycles. The van der Waals surface area contributed by atoms with Gasteiger partial charge < -0.3 is 5.32 Å². The van der Waals surface area contributed by atoms with E-state index in [0.717, 1.165) is 13.0 Å². The average molecular weight is 235 g/mol. The van der Waals surface area contributed by atoms with Gasteiger partial charge in [0.15, 0.2) is 0 Å². The summed E-state index contributed by atoms with van der Waals surface area (Å²) in [4.78, 5) is 0. The van der Waals surface area contributed by atoms with Crippen LogP contribution in [0.4, 0.5) is 5.69 Å². The standard InChI is InChI=1S/C14H23N.C2H6/c1-5-7-8-15-14-10-11(3)9-12(4)13(14)6-2;1-2/h9-10,15H,5-8H2,1-4H3;1-2H3. The topological polar surface area (TPSA) is 12.0 Å². The monoisotopic (exact) mass is 235 g/mol. The van der Waals surface area contributed by atoms with Gasteiger partial charge in [-0.25, -0.2) is 0 Å². The van der Waals surface area contributed by atoms with E-state index in [-0.39, 0.29) is 0 Å². The summed E-state index contributed by atoms with van der Waals surface area (Å²) >= 11 is 0. The molecule has 1 aromatic carbocycles. The molecule has 1 heteroatoms. The zero-order chi connectivity index (χ0) is 13.3. The molecule has 0 fully saturated rings. The van der Waals surface area contributed by atoms with Crippen molar-refractivity contribution in [2.75, 3.05) is 11.9 Å². The molecule has 0 spiro atoms. The molecular weight excluding hydrogens is 206 g/mol. The number of rotatable bonds is 5. The van der Waals surface area contributed by atoms with Crippen LogP contribution in [-0.4, -0.2) is 6.54 Å². The van der Waals surface area contributed by atoms with E-state index in [1.807, 2.05) is 13.8 Å². The van der Waals surface area contributed by atoms with Crippen molar-refractivity contribution in [3.8, 4) is 0 Å². The van der Waals surface area contributed by atoms with Crippen molar-refractivity contribution in [2.45, 2.75) is 60.8 Å². The van der Waals surface area contributed by atoms with Crippen molar-refractivity contribution >= 4 is 5.69 Å². The third-order valence-electron chi connectivity index (χ3n) is 2.82. The van der Waals surface area contributed by atoms with Crippen LogP contribution in [0.5, 0.6) is 0 Å². The zero-order valence-corrected chi connectivity index (χ0v) is 12.5. The first-order valence-electron chi connectivity index (χ1n) is 7.03. The molecule has 0 aliphatic heterocycles. The van der Waals surface area contributed by atoms with E-state index in [2.05, 4.69) is 45.1 Å². The van der Waals surface area contributed by atoms with E-state index in [1.165, 1.54) is 35.2 Å². The van der Waals surface area contributed by atoms with Gasteiger partial charge in [0.25, 0.3) is 0 Å². The van der Waals surface area contributed by atoms with Crippen LogP contribution in [0.2, 0.25) is 0 Å². The molecule has 98 valence electrons. The number of unbranched alkanes of at least 4 members (excludes halogenated alkanes) is 1. The van der Waals surface area contributed by atoms with Gasteiger partial charge >= 0.3 is 0 Å². The maximum Gasteiger partial charge on any atom is 0.0377 e. The van der Waals surface area contributed by atoms with Gasteiger partial charge in [-0.3, -0.25) is 0 Å². The lowest BCUT2D eigenvalue weighted by molar-refractivity contribution is 0.832. The molecule has 0 saturated heterocycles. The Balaban J connectivity index is 0.00000121. The third kappa shape index (κ3) is 5.25. The first-order valence-corrected chi connectivity index (χ1v) is 7.03. The largest absolute Gasteiger partial charge is 0.385 e. The average Bonchev–Trinajstić information content (AvgIpc) is 2.31. The van der Waals surface area contributed by atoms with E-state index < -0.39 is 0 Å². The Hall–Kier alpha value is -0.980. The maximum absolute atomic E-state index is 3.55. The summed E-state index contributed by atoms with van der Waals surface area (Å²) in [6.45, 7) is 13.9. The number of benzene rings is 1. The van der Waals surface area contributed by atoms with Crippen LogP contribution >= 0.6 is 0 Å². The highest BCUT2D eigenvalue weighted by atomic mass is 14.9. The Kier molecular flexibility index (Phi) is 8.57. The fourth-order valence-electron chi connectivity index (χ4n) is 2.02. The lowest BCUT2D eigenvalue weighted by Gasteiger charge is -2.14. The predicted octanol–water partition coefficient (Wildman–Crippen LogP) is 5.10. The Labute approximate surface area is 108 Å². The molecule has 0 unspecified atom stereocenters. The summed E-state index contributed by atoms with van der Waals surface area (Å²) in [5.74, 6) is 0. The van der Waals surface area contributed by atoms with Crippen LogP contribution in [0, 0.1) is 13.8 Å². The van der Waals surface area contributed by atoms with E-state index in [0.29, 0.717) is 0 Å². The molecular formula is C16H29N. The SMILES string of the molecule is CC.CCCCNc1cc(C)cc(C)c1CC. The summed E-state index contributed by atoms with van der Waals surface area (Å²) in [5, 5.41) is 3.55. The van der Waals surface area contributed by atoms with Crippen LogP contribution in [0.3, 0.4) is 0 Å². The lowest BCUT2D eigenvalue weighted by Crippen LogP contribution is -2.05. The second-order valence-corrected chi connectivity index (χ2v) is 4.24. The van der Waals surface area contributed by atoms with Crippen molar-refractivity contribution in [3.05, 3.63) is 28.8 Å². The smallest absolute Gasteiger partial charge is 0.0377 e. The molecule has 0 heterocycles. The summed E-state index contributed by atoms with van der Waals surface area (Å²) in [6.07, 6.45) is 3.61. The molecule has 0 atom stereocenters. The fourth-order valence-corrected chi connectivity index (χ4v) is 2.02. The summed E-state index contributed by atoms with van der Waals surface area (Å²) in [7, 11) is 0. The molecule has 0 aliphatic rings. The predicted molar refractivity (Wildman–Crippen MR) is 80.0 cm³/mol. The van der Waals surface area contributed by atoms with Gasteiger partial charge in [0.1, 0.15) is 0 Å². The van der Waals surface area contributed by atoms with Crippen molar-refractivity contribution in [1.82, 2.24) is 0 Å². The molecule has 0 aromatic heterocycles.